The van der Waals surface area contributed by atoms with E-state index in [1.165, 1.54) is 89.9 Å². The summed E-state index contributed by atoms with van der Waals surface area (Å²) >= 11 is 0. The fourth-order valence-corrected chi connectivity index (χ4v) is 6.78. The van der Waals surface area contributed by atoms with E-state index in [1.54, 1.807) is 0 Å². The molecule has 58 heavy (non-hydrogen) atoms. The SMILES string of the molecule is CCC/C=C/C/C=C/C/C=C/C/C=C/CCCCCC(=O)O[C@H](COC(=O)CCCCCCCCCCCCCCCCCCC)COP(=O)(O)OC[C@H](N)C(=O)O. The van der Waals surface area contributed by atoms with Crippen molar-refractivity contribution < 1.29 is 47.5 Å². The van der Waals surface area contributed by atoms with Gasteiger partial charge in [0.05, 0.1) is 13.2 Å². The van der Waals surface area contributed by atoms with Crippen molar-refractivity contribution in [2.45, 2.75) is 206 Å². The molecule has 0 amide bonds. The van der Waals surface area contributed by atoms with Gasteiger partial charge in [-0.2, -0.15) is 0 Å². The Bertz CT molecular complexity index is 1170. The molecule has 336 valence electrons. The zero-order valence-electron chi connectivity index (χ0n) is 36.4. The maximum Gasteiger partial charge on any atom is 0.472 e. The smallest absolute Gasteiger partial charge is 0.472 e. The van der Waals surface area contributed by atoms with E-state index in [1.807, 2.05) is 0 Å². The molecule has 0 rings (SSSR count). The number of carboxylic acids is 1. The van der Waals surface area contributed by atoms with Crippen LogP contribution in [0.15, 0.2) is 48.6 Å². The minimum absolute atomic E-state index is 0.124. The number of hydrogen-bond acceptors (Lipinski definition) is 9. The van der Waals surface area contributed by atoms with Crippen LogP contribution < -0.4 is 5.73 Å². The fraction of sp³-hybridized carbons (Fsp3) is 0.761. The lowest BCUT2D eigenvalue weighted by atomic mass is 10.0. The van der Waals surface area contributed by atoms with Crippen molar-refractivity contribution in [3.8, 4) is 0 Å². The number of unbranched alkanes of at least 4 members (excludes halogenated alkanes) is 20. The predicted octanol–water partition coefficient (Wildman–Crippen LogP) is 12.2. The first-order chi connectivity index (χ1) is 28.1. The monoisotopic (exact) mass is 840 g/mol. The summed E-state index contributed by atoms with van der Waals surface area (Å²) in [7, 11) is -4.73. The van der Waals surface area contributed by atoms with Gasteiger partial charge in [-0.25, -0.2) is 4.57 Å². The number of rotatable bonds is 42. The van der Waals surface area contributed by atoms with Crippen molar-refractivity contribution in [2.24, 2.45) is 5.73 Å². The van der Waals surface area contributed by atoms with E-state index in [0.717, 1.165) is 64.2 Å². The Hall–Kier alpha value is -2.56. The first-order valence-electron chi connectivity index (χ1n) is 22.7. The molecule has 0 aliphatic carbocycles. The highest BCUT2D eigenvalue weighted by Crippen LogP contribution is 2.43. The lowest BCUT2D eigenvalue weighted by molar-refractivity contribution is -0.161. The van der Waals surface area contributed by atoms with E-state index < -0.39 is 51.1 Å². The predicted molar refractivity (Wildman–Crippen MR) is 235 cm³/mol. The van der Waals surface area contributed by atoms with Crippen LogP contribution in [0.5, 0.6) is 0 Å². The van der Waals surface area contributed by atoms with Crippen LogP contribution in [0.25, 0.3) is 0 Å². The number of carbonyl (C=O) groups excluding carboxylic acids is 2. The topological polar surface area (TPSA) is 172 Å². The van der Waals surface area contributed by atoms with Crippen molar-refractivity contribution in [3.05, 3.63) is 48.6 Å². The quantitative estimate of drug-likeness (QED) is 0.0231. The van der Waals surface area contributed by atoms with Gasteiger partial charge < -0.3 is 25.2 Å². The summed E-state index contributed by atoms with van der Waals surface area (Å²) in [4.78, 5) is 46.0. The van der Waals surface area contributed by atoms with Crippen LogP contribution in [0.1, 0.15) is 194 Å². The third-order valence-electron chi connectivity index (χ3n) is 9.56. The maximum absolute atomic E-state index is 12.6. The van der Waals surface area contributed by atoms with E-state index >= 15 is 0 Å². The fourth-order valence-electron chi connectivity index (χ4n) is 6.00. The molecule has 12 heteroatoms. The van der Waals surface area contributed by atoms with E-state index in [2.05, 4.69) is 67.0 Å². The first-order valence-corrected chi connectivity index (χ1v) is 24.2. The standard InChI is InChI=1S/C46H82NO10P/c1-3-5-7-9-11-13-15-17-19-21-23-25-27-29-31-33-35-37-44(48)54-39-42(40-55-58(52,53)56-41-43(47)46(50)51)57-45(49)38-36-34-32-30-28-26-24-22-20-18-16-14-12-10-8-6-4-2/h8,10,14,16,20,22,26,28,42-43H,3-7,9,11-13,15,17-19,21,23-25,27,29-41,47H2,1-2H3,(H,50,51)(H,52,53)/b10-8+,16-14+,22-20+,28-26+/t42-,43+/m1/s1. The minimum Gasteiger partial charge on any atom is -0.480 e. The summed E-state index contributed by atoms with van der Waals surface area (Å²) in [5.74, 6) is -2.41. The van der Waals surface area contributed by atoms with Gasteiger partial charge in [0, 0.05) is 12.8 Å². The van der Waals surface area contributed by atoms with Crippen LogP contribution in [-0.2, 0) is 37.5 Å². The Morgan fingerprint density at radius 3 is 1.43 bits per heavy atom. The van der Waals surface area contributed by atoms with Crippen LogP contribution >= 0.6 is 7.82 Å². The summed E-state index contributed by atoms with van der Waals surface area (Å²) in [6.07, 6.45) is 46.0. The molecule has 0 heterocycles. The van der Waals surface area contributed by atoms with Crippen molar-refractivity contribution in [3.63, 3.8) is 0 Å². The van der Waals surface area contributed by atoms with E-state index in [4.69, 9.17) is 24.8 Å². The molecule has 0 aromatic heterocycles. The van der Waals surface area contributed by atoms with E-state index in [9.17, 15) is 23.8 Å². The van der Waals surface area contributed by atoms with Gasteiger partial charge in [-0.05, 0) is 51.4 Å². The molecule has 4 N–H and O–H groups in total. The molecule has 3 atom stereocenters. The lowest BCUT2D eigenvalue weighted by Gasteiger charge is -2.20. The number of ether oxygens (including phenoxy) is 2. The number of nitrogens with two attached hydrogens (primary N) is 1. The van der Waals surface area contributed by atoms with E-state index in [0.29, 0.717) is 12.8 Å². The van der Waals surface area contributed by atoms with Gasteiger partial charge in [0.25, 0.3) is 0 Å². The second-order valence-electron chi connectivity index (χ2n) is 15.2. The zero-order valence-corrected chi connectivity index (χ0v) is 37.3. The molecule has 0 spiro atoms. The molecule has 0 fully saturated rings. The number of carbonyl (C=O) groups is 3. The van der Waals surface area contributed by atoms with Crippen molar-refractivity contribution in [2.75, 3.05) is 19.8 Å². The van der Waals surface area contributed by atoms with Crippen molar-refractivity contribution in [1.29, 1.82) is 0 Å². The molecule has 0 radical (unpaired) electrons. The highest BCUT2D eigenvalue weighted by molar-refractivity contribution is 7.47. The van der Waals surface area contributed by atoms with E-state index in [-0.39, 0.29) is 19.4 Å². The number of aliphatic carboxylic acids is 1. The van der Waals surface area contributed by atoms with Gasteiger partial charge in [0.2, 0.25) is 0 Å². The normalized spacial score (nSPS) is 14.1. The average Bonchev–Trinajstić information content (AvgIpc) is 3.20. The van der Waals surface area contributed by atoms with Crippen LogP contribution in [0.2, 0.25) is 0 Å². The summed E-state index contributed by atoms with van der Waals surface area (Å²) in [5, 5.41) is 8.89. The molecule has 11 nitrogen and oxygen atoms in total. The average molecular weight is 840 g/mol. The van der Waals surface area contributed by atoms with Gasteiger partial charge in [0.15, 0.2) is 6.10 Å². The summed E-state index contributed by atoms with van der Waals surface area (Å²) in [6.45, 7) is 2.72. The summed E-state index contributed by atoms with van der Waals surface area (Å²) < 4.78 is 32.7. The van der Waals surface area contributed by atoms with Gasteiger partial charge in [0.1, 0.15) is 12.6 Å². The third-order valence-corrected chi connectivity index (χ3v) is 10.5. The Morgan fingerprint density at radius 1 is 0.534 bits per heavy atom. The van der Waals surface area contributed by atoms with Crippen molar-refractivity contribution >= 4 is 25.7 Å². The minimum atomic E-state index is -4.73. The lowest BCUT2D eigenvalue weighted by Crippen LogP contribution is -2.34. The number of carboxylic acid groups (broad SMARTS) is 1. The number of esters is 2. The number of allylic oxidation sites excluding steroid dienone is 8. The highest BCUT2D eigenvalue weighted by atomic mass is 31.2. The van der Waals surface area contributed by atoms with Crippen LogP contribution in [0.4, 0.5) is 0 Å². The highest BCUT2D eigenvalue weighted by Gasteiger charge is 2.28. The Labute approximate surface area is 352 Å². The molecular weight excluding hydrogens is 757 g/mol. The third kappa shape index (κ3) is 40.2. The number of hydrogen-bond donors (Lipinski definition) is 3. The van der Waals surface area contributed by atoms with Crippen LogP contribution in [0, 0.1) is 0 Å². The zero-order chi connectivity index (χ0) is 42.8. The Kier molecular flexibility index (Phi) is 39.4. The molecular formula is C46H82NO10P. The maximum atomic E-state index is 12.6. The van der Waals surface area contributed by atoms with Gasteiger partial charge in [-0.15, -0.1) is 0 Å². The molecule has 0 bridgehead atoms. The Morgan fingerprint density at radius 2 is 0.948 bits per heavy atom. The largest absolute Gasteiger partial charge is 0.480 e. The van der Waals surface area contributed by atoms with Gasteiger partial charge >= 0.3 is 25.7 Å². The van der Waals surface area contributed by atoms with Crippen molar-refractivity contribution in [1.82, 2.24) is 0 Å². The number of phosphoric acid groups is 1. The van der Waals surface area contributed by atoms with Crippen LogP contribution in [-0.4, -0.2) is 59.9 Å². The number of phosphoric ester groups is 1. The van der Waals surface area contributed by atoms with Gasteiger partial charge in [-0.1, -0.05) is 178 Å². The second-order valence-corrected chi connectivity index (χ2v) is 16.6. The molecule has 0 aliphatic heterocycles. The molecule has 0 aliphatic rings. The summed E-state index contributed by atoms with van der Waals surface area (Å²) in [5.41, 5.74) is 5.33. The van der Waals surface area contributed by atoms with Crippen LogP contribution in [0.3, 0.4) is 0 Å². The van der Waals surface area contributed by atoms with Gasteiger partial charge in [-0.3, -0.25) is 23.4 Å². The molecule has 1 unspecified atom stereocenters. The molecule has 0 aromatic carbocycles. The Balaban J connectivity index is 4.38. The first kappa shape index (κ1) is 55.4. The molecule has 0 aromatic rings. The second kappa shape index (κ2) is 41.2. The summed E-state index contributed by atoms with van der Waals surface area (Å²) in [6, 6.07) is -1.53. The molecule has 0 saturated heterocycles. The molecule has 0 saturated carbocycles.